The van der Waals surface area contributed by atoms with Crippen LogP contribution < -0.4 is 9.62 Å². The summed E-state index contributed by atoms with van der Waals surface area (Å²) in [7, 11) is -3.90. The summed E-state index contributed by atoms with van der Waals surface area (Å²) >= 11 is 3.16. The van der Waals surface area contributed by atoms with Crippen LogP contribution in [0.2, 0.25) is 0 Å². The van der Waals surface area contributed by atoms with Gasteiger partial charge < -0.3 is 5.32 Å². The smallest absolute Gasteiger partial charge is 0.264 e. The van der Waals surface area contributed by atoms with Gasteiger partial charge in [-0.3, -0.25) is 9.10 Å². The van der Waals surface area contributed by atoms with E-state index in [1.807, 2.05) is 0 Å². The first-order valence-corrected chi connectivity index (χ1v) is 11.4. The molecule has 3 aromatic carbocycles. The Kier molecular flexibility index (Phi) is 6.58. The highest BCUT2D eigenvalue weighted by atomic mass is 79.9. The molecule has 3 rings (SSSR count). The first-order valence-electron chi connectivity index (χ1n) is 9.19. The van der Waals surface area contributed by atoms with E-state index >= 15 is 0 Å². The third-order valence-corrected chi connectivity index (χ3v) is 7.07. The third kappa shape index (κ3) is 4.55. The Hall–Kier alpha value is -2.71. The highest BCUT2D eigenvalue weighted by Crippen LogP contribution is 2.27. The molecule has 0 atom stereocenters. The molecule has 156 valence electrons. The Bertz CT molecular complexity index is 1180. The summed E-state index contributed by atoms with van der Waals surface area (Å²) in [5, 5.41) is 2.48. The molecule has 1 amide bonds. The van der Waals surface area contributed by atoms with Gasteiger partial charge in [-0.1, -0.05) is 40.2 Å². The highest BCUT2D eigenvalue weighted by molar-refractivity contribution is 9.10. The van der Waals surface area contributed by atoms with E-state index in [1.165, 1.54) is 28.6 Å². The highest BCUT2D eigenvalue weighted by Gasteiger charge is 2.26. The van der Waals surface area contributed by atoms with Crippen molar-refractivity contribution in [2.24, 2.45) is 0 Å². The van der Waals surface area contributed by atoms with Gasteiger partial charge in [-0.15, -0.1) is 0 Å². The molecule has 0 saturated heterocycles. The van der Waals surface area contributed by atoms with Crippen molar-refractivity contribution in [2.45, 2.75) is 18.7 Å². The summed E-state index contributed by atoms with van der Waals surface area (Å²) in [6.07, 6.45) is 0. The van der Waals surface area contributed by atoms with E-state index in [4.69, 9.17) is 0 Å². The molecule has 30 heavy (non-hydrogen) atoms. The van der Waals surface area contributed by atoms with Crippen molar-refractivity contribution in [3.8, 4) is 0 Å². The van der Waals surface area contributed by atoms with Crippen LogP contribution in [0.1, 0.15) is 22.8 Å². The SMILES string of the molecule is CCN(c1ccccc1)S(=O)(=O)c1cc(C(=O)Nc2ccc(Br)cc2F)ccc1C. The van der Waals surface area contributed by atoms with Gasteiger partial charge in [0.1, 0.15) is 5.82 Å². The first-order chi connectivity index (χ1) is 14.2. The maximum atomic E-state index is 14.1. The zero-order chi connectivity index (χ0) is 21.9. The van der Waals surface area contributed by atoms with Gasteiger partial charge in [0.25, 0.3) is 15.9 Å². The standard InChI is InChI=1S/C22H20BrFN2O3S/c1-3-26(18-7-5-4-6-8-18)30(28,29)21-13-16(10-9-15(21)2)22(27)25-20-12-11-17(23)14-19(20)24/h4-14H,3H2,1-2H3,(H,25,27). The zero-order valence-corrected chi connectivity index (χ0v) is 18.8. The number of nitrogens with zero attached hydrogens (tertiary/aromatic N) is 1. The first kappa shape index (κ1) is 22.0. The fraction of sp³-hybridized carbons (Fsp3) is 0.136. The van der Waals surface area contributed by atoms with E-state index in [-0.39, 0.29) is 22.7 Å². The van der Waals surface area contributed by atoms with Crippen LogP contribution in [0, 0.1) is 12.7 Å². The molecular weight excluding hydrogens is 471 g/mol. The lowest BCUT2D eigenvalue weighted by molar-refractivity contribution is 0.102. The molecule has 0 saturated carbocycles. The number of sulfonamides is 1. The molecule has 0 heterocycles. The molecular formula is C22H20BrFN2O3S. The van der Waals surface area contributed by atoms with Crippen LogP contribution in [0.25, 0.3) is 0 Å². The molecule has 0 aliphatic carbocycles. The minimum Gasteiger partial charge on any atom is -0.319 e. The van der Waals surface area contributed by atoms with E-state index in [9.17, 15) is 17.6 Å². The topological polar surface area (TPSA) is 66.5 Å². The molecule has 0 unspecified atom stereocenters. The number of aryl methyl sites for hydroxylation is 1. The quantitative estimate of drug-likeness (QED) is 0.505. The number of nitrogens with one attached hydrogen (secondary N) is 1. The van der Waals surface area contributed by atoms with E-state index in [0.717, 1.165) is 0 Å². The van der Waals surface area contributed by atoms with Crippen molar-refractivity contribution in [3.63, 3.8) is 0 Å². The monoisotopic (exact) mass is 490 g/mol. The summed E-state index contributed by atoms with van der Waals surface area (Å²) in [4.78, 5) is 12.7. The average molecular weight is 491 g/mol. The molecule has 5 nitrogen and oxygen atoms in total. The van der Waals surface area contributed by atoms with E-state index in [2.05, 4.69) is 21.2 Å². The van der Waals surface area contributed by atoms with Gasteiger partial charge >= 0.3 is 0 Å². The Balaban J connectivity index is 1.97. The summed E-state index contributed by atoms with van der Waals surface area (Å²) in [6.45, 7) is 3.64. The predicted octanol–water partition coefficient (Wildman–Crippen LogP) is 5.36. The maximum Gasteiger partial charge on any atom is 0.264 e. The second-order valence-electron chi connectivity index (χ2n) is 6.56. The van der Waals surface area contributed by atoms with E-state index in [1.54, 1.807) is 56.3 Å². The van der Waals surface area contributed by atoms with Crippen LogP contribution in [0.5, 0.6) is 0 Å². The lowest BCUT2D eigenvalue weighted by atomic mass is 10.1. The zero-order valence-electron chi connectivity index (χ0n) is 16.4. The summed E-state index contributed by atoms with van der Waals surface area (Å²) < 4.78 is 42.6. The Morgan fingerprint density at radius 2 is 1.77 bits per heavy atom. The van der Waals surface area contributed by atoms with Gasteiger partial charge in [-0.25, -0.2) is 12.8 Å². The number of carbonyl (C=O) groups excluding carboxylic acids is 1. The van der Waals surface area contributed by atoms with Gasteiger partial charge in [-0.05, 0) is 61.9 Å². The average Bonchev–Trinajstić information content (AvgIpc) is 2.71. The Morgan fingerprint density at radius 1 is 1.07 bits per heavy atom. The van der Waals surface area contributed by atoms with E-state index in [0.29, 0.717) is 15.7 Å². The Morgan fingerprint density at radius 3 is 2.40 bits per heavy atom. The van der Waals surface area contributed by atoms with Crippen molar-refractivity contribution < 1.29 is 17.6 Å². The number of para-hydroxylation sites is 1. The summed E-state index contributed by atoms with van der Waals surface area (Å²) in [5.41, 5.74) is 1.17. The number of hydrogen-bond donors (Lipinski definition) is 1. The second-order valence-corrected chi connectivity index (χ2v) is 9.31. The van der Waals surface area contributed by atoms with Gasteiger partial charge in [0.15, 0.2) is 0 Å². The normalized spacial score (nSPS) is 11.2. The van der Waals surface area contributed by atoms with Crippen molar-refractivity contribution in [1.29, 1.82) is 0 Å². The second kappa shape index (κ2) is 8.97. The summed E-state index contributed by atoms with van der Waals surface area (Å²) in [6, 6.07) is 17.4. The van der Waals surface area contributed by atoms with Crippen molar-refractivity contribution in [2.75, 3.05) is 16.2 Å². The van der Waals surface area contributed by atoms with Crippen LogP contribution in [0.15, 0.2) is 76.1 Å². The van der Waals surface area contributed by atoms with E-state index < -0.39 is 21.7 Å². The molecule has 1 N–H and O–H groups in total. The van der Waals surface area contributed by atoms with Crippen LogP contribution >= 0.6 is 15.9 Å². The third-order valence-electron chi connectivity index (χ3n) is 4.53. The lowest BCUT2D eigenvalue weighted by Crippen LogP contribution is -2.31. The summed E-state index contributed by atoms with van der Waals surface area (Å²) in [5.74, 6) is -1.20. The molecule has 0 spiro atoms. The number of carbonyl (C=O) groups is 1. The Labute approximate surface area is 183 Å². The van der Waals surface area contributed by atoms with Gasteiger partial charge in [0, 0.05) is 16.6 Å². The lowest BCUT2D eigenvalue weighted by Gasteiger charge is -2.24. The molecule has 3 aromatic rings. The number of benzene rings is 3. The minimum atomic E-state index is -3.90. The van der Waals surface area contributed by atoms with Gasteiger partial charge in [0.05, 0.1) is 16.3 Å². The van der Waals surface area contributed by atoms with Crippen LogP contribution in [-0.4, -0.2) is 20.9 Å². The minimum absolute atomic E-state index is 0.00709. The van der Waals surface area contributed by atoms with Crippen molar-refractivity contribution >= 4 is 43.2 Å². The molecule has 8 heteroatoms. The van der Waals surface area contributed by atoms with Crippen LogP contribution in [0.3, 0.4) is 0 Å². The van der Waals surface area contributed by atoms with Crippen LogP contribution in [0.4, 0.5) is 15.8 Å². The molecule has 0 aliphatic heterocycles. The van der Waals surface area contributed by atoms with Gasteiger partial charge in [0.2, 0.25) is 0 Å². The number of anilines is 2. The molecule has 0 radical (unpaired) electrons. The fourth-order valence-electron chi connectivity index (χ4n) is 3.01. The molecule has 0 fully saturated rings. The van der Waals surface area contributed by atoms with Crippen molar-refractivity contribution in [1.82, 2.24) is 0 Å². The molecule has 0 aromatic heterocycles. The number of rotatable bonds is 6. The molecule has 0 bridgehead atoms. The fourth-order valence-corrected chi connectivity index (χ4v) is 5.07. The predicted molar refractivity (Wildman–Crippen MR) is 120 cm³/mol. The maximum absolute atomic E-state index is 14.1. The van der Waals surface area contributed by atoms with Crippen molar-refractivity contribution in [3.05, 3.63) is 88.1 Å². The van der Waals surface area contributed by atoms with Gasteiger partial charge in [-0.2, -0.15) is 0 Å². The number of hydrogen-bond acceptors (Lipinski definition) is 3. The number of halogens is 2. The van der Waals surface area contributed by atoms with Crippen LogP contribution in [-0.2, 0) is 10.0 Å². The largest absolute Gasteiger partial charge is 0.319 e. The molecule has 0 aliphatic rings. The number of amides is 1.